The van der Waals surface area contributed by atoms with Crippen LogP contribution in [0, 0.1) is 11.3 Å². The number of ether oxygens (including phenoxy) is 1. The minimum Gasteiger partial charge on any atom is -0.489 e. The summed E-state index contributed by atoms with van der Waals surface area (Å²) in [7, 11) is 0. The first-order valence-corrected chi connectivity index (χ1v) is 7.89. The normalized spacial score (nSPS) is 19.3. The molecule has 1 aromatic carbocycles. The van der Waals surface area contributed by atoms with Crippen LogP contribution in [-0.2, 0) is 5.60 Å². The molecule has 0 radical (unpaired) electrons. The number of primary amides is 1. The molecule has 1 unspecified atom stereocenters. The second-order valence-corrected chi connectivity index (χ2v) is 6.77. The summed E-state index contributed by atoms with van der Waals surface area (Å²) < 4.78 is 6.45. The molecule has 1 aromatic heterocycles. The number of carbonyl (C=O) groups excluding carboxylic acids is 1. The molecule has 1 atom stereocenters. The molecule has 0 saturated carbocycles. The van der Waals surface area contributed by atoms with E-state index in [1.54, 1.807) is 18.2 Å². The largest absolute Gasteiger partial charge is 0.489 e. The van der Waals surface area contributed by atoms with E-state index in [-0.39, 0.29) is 18.0 Å². The molecule has 3 N–H and O–H groups in total. The second kappa shape index (κ2) is 5.35. The van der Waals surface area contributed by atoms with Gasteiger partial charge in [-0.15, -0.1) is 11.3 Å². The SMILES string of the molecule is N#CCC1(O)COc2ccc(Br)cc2-c2nc(C(N)=O)sc21. The number of thiazole rings is 1. The predicted octanol–water partition coefficient (Wildman–Crippen LogP) is 2.17. The van der Waals surface area contributed by atoms with Crippen molar-refractivity contribution in [2.75, 3.05) is 6.61 Å². The molecule has 0 spiro atoms. The fraction of sp³-hybridized carbons (Fsp3) is 0.214. The van der Waals surface area contributed by atoms with Crippen LogP contribution in [0.1, 0.15) is 21.1 Å². The molecule has 3 rings (SSSR count). The van der Waals surface area contributed by atoms with Crippen molar-refractivity contribution >= 4 is 33.2 Å². The van der Waals surface area contributed by atoms with Crippen molar-refractivity contribution in [2.24, 2.45) is 5.73 Å². The summed E-state index contributed by atoms with van der Waals surface area (Å²) in [5, 5.41) is 19.9. The Morgan fingerprint density at radius 1 is 1.64 bits per heavy atom. The Hall–Kier alpha value is -1.95. The number of aromatic nitrogens is 1. The maximum atomic E-state index is 11.4. The van der Waals surface area contributed by atoms with E-state index in [2.05, 4.69) is 20.9 Å². The summed E-state index contributed by atoms with van der Waals surface area (Å²) in [6, 6.07) is 7.28. The Kier molecular flexibility index (Phi) is 3.64. The van der Waals surface area contributed by atoms with Crippen LogP contribution in [0.15, 0.2) is 22.7 Å². The number of nitriles is 1. The molecule has 0 fully saturated rings. The fourth-order valence-corrected chi connectivity index (χ4v) is 3.63. The highest BCUT2D eigenvalue weighted by atomic mass is 79.9. The van der Waals surface area contributed by atoms with E-state index >= 15 is 0 Å². The van der Waals surface area contributed by atoms with Crippen molar-refractivity contribution in [1.82, 2.24) is 4.98 Å². The molecule has 22 heavy (non-hydrogen) atoms. The molecule has 0 saturated heterocycles. The number of hydrogen-bond donors (Lipinski definition) is 2. The van der Waals surface area contributed by atoms with Crippen LogP contribution in [0.2, 0.25) is 0 Å². The number of nitrogens with two attached hydrogens (primary N) is 1. The highest BCUT2D eigenvalue weighted by Gasteiger charge is 2.39. The number of nitrogens with zero attached hydrogens (tertiary/aromatic N) is 2. The zero-order valence-electron chi connectivity index (χ0n) is 11.2. The molecule has 1 aliphatic heterocycles. The molecule has 2 aromatic rings. The smallest absolute Gasteiger partial charge is 0.277 e. The number of benzene rings is 1. The van der Waals surface area contributed by atoms with Gasteiger partial charge in [0.2, 0.25) is 0 Å². The van der Waals surface area contributed by atoms with E-state index in [0.717, 1.165) is 15.8 Å². The van der Waals surface area contributed by atoms with Gasteiger partial charge in [-0.3, -0.25) is 4.79 Å². The van der Waals surface area contributed by atoms with Crippen molar-refractivity contribution in [3.63, 3.8) is 0 Å². The Bertz CT molecular complexity index is 814. The molecule has 1 amide bonds. The highest BCUT2D eigenvalue weighted by Crippen LogP contribution is 2.45. The summed E-state index contributed by atoms with van der Waals surface area (Å²) in [6.07, 6.45) is -0.171. The molecule has 8 heteroatoms. The number of fused-ring (bicyclic) bond motifs is 3. The molecule has 0 aliphatic carbocycles. The Morgan fingerprint density at radius 3 is 3.09 bits per heavy atom. The maximum absolute atomic E-state index is 11.4. The summed E-state index contributed by atoms with van der Waals surface area (Å²) in [5.41, 5.74) is 4.83. The van der Waals surface area contributed by atoms with Crippen LogP contribution in [0.5, 0.6) is 5.75 Å². The van der Waals surface area contributed by atoms with E-state index in [1.165, 1.54) is 0 Å². The van der Waals surface area contributed by atoms with Crippen molar-refractivity contribution in [3.05, 3.63) is 32.6 Å². The van der Waals surface area contributed by atoms with Gasteiger partial charge in [0.05, 0.1) is 23.1 Å². The van der Waals surface area contributed by atoms with Crippen LogP contribution < -0.4 is 10.5 Å². The van der Waals surface area contributed by atoms with Crippen LogP contribution in [0.25, 0.3) is 11.3 Å². The Labute approximate surface area is 138 Å². The number of amides is 1. The van der Waals surface area contributed by atoms with Crippen LogP contribution in [0.3, 0.4) is 0 Å². The summed E-state index contributed by atoms with van der Waals surface area (Å²) in [5.74, 6) is -0.144. The number of halogens is 1. The average Bonchev–Trinajstić information content (AvgIpc) is 2.88. The second-order valence-electron chi connectivity index (χ2n) is 4.86. The molecule has 2 heterocycles. The Morgan fingerprint density at radius 2 is 2.41 bits per heavy atom. The number of rotatable bonds is 2. The van der Waals surface area contributed by atoms with Crippen molar-refractivity contribution in [3.8, 4) is 23.1 Å². The fourth-order valence-electron chi connectivity index (χ4n) is 2.26. The minimum atomic E-state index is -1.53. The maximum Gasteiger partial charge on any atom is 0.277 e. The van der Waals surface area contributed by atoms with Crippen molar-refractivity contribution in [2.45, 2.75) is 12.0 Å². The monoisotopic (exact) mass is 379 g/mol. The van der Waals surface area contributed by atoms with E-state index < -0.39 is 11.5 Å². The molecular weight excluding hydrogens is 370 g/mol. The highest BCUT2D eigenvalue weighted by molar-refractivity contribution is 9.10. The van der Waals surface area contributed by atoms with E-state index in [1.807, 2.05) is 6.07 Å². The van der Waals surface area contributed by atoms with Crippen molar-refractivity contribution in [1.29, 1.82) is 5.26 Å². The van der Waals surface area contributed by atoms with Gasteiger partial charge >= 0.3 is 0 Å². The third-order valence-electron chi connectivity index (χ3n) is 3.30. The van der Waals surface area contributed by atoms with Gasteiger partial charge in [0.1, 0.15) is 18.0 Å². The number of aliphatic hydroxyl groups is 1. The quantitative estimate of drug-likeness (QED) is 0.830. The van der Waals surface area contributed by atoms with Crippen LogP contribution in [-0.4, -0.2) is 22.6 Å². The molecule has 1 aliphatic rings. The van der Waals surface area contributed by atoms with Gasteiger partial charge in [-0.1, -0.05) is 15.9 Å². The summed E-state index contributed by atoms with van der Waals surface area (Å²) >= 11 is 4.37. The van der Waals surface area contributed by atoms with Crippen LogP contribution >= 0.6 is 27.3 Å². The first-order chi connectivity index (χ1) is 10.4. The third kappa shape index (κ3) is 2.37. The average molecular weight is 380 g/mol. The lowest BCUT2D eigenvalue weighted by Crippen LogP contribution is -2.31. The lowest BCUT2D eigenvalue weighted by Gasteiger charge is -2.22. The standard InChI is InChI=1S/C14H10BrN3O3S/c15-7-1-2-9-8(5-7)10-11(22-13(18-10)12(17)19)14(20,3-4-16)6-21-9/h1-2,5,20H,3,6H2,(H2,17,19). The summed E-state index contributed by atoms with van der Waals surface area (Å²) in [6.45, 7) is -0.0947. The molecule has 6 nitrogen and oxygen atoms in total. The molecular formula is C14H10BrN3O3S. The molecule has 112 valence electrons. The topological polar surface area (TPSA) is 109 Å². The summed E-state index contributed by atoms with van der Waals surface area (Å²) in [4.78, 5) is 16.1. The lowest BCUT2D eigenvalue weighted by molar-refractivity contribution is -0.0000813. The Balaban J connectivity index is 2.29. The van der Waals surface area contributed by atoms with Crippen molar-refractivity contribution < 1.29 is 14.6 Å². The first-order valence-electron chi connectivity index (χ1n) is 6.28. The van der Waals surface area contributed by atoms with Gasteiger partial charge in [-0.2, -0.15) is 5.26 Å². The van der Waals surface area contributed by atoms with Gasteiger partial charge in [0.15, 0.2) is 5.01 Å². The minimum absolute atomic E-state index is 0.0918. The van der Waals surface area contributed by atoms with E-state index in [4.69, 9.17) is 15.7 Å². The molecule has 0 bridgehead atoms. The first kappa shape index (κ1) is 15.0. The number of hydrogen-bond acceptors (Lipinski definition) is 6. The lowest BCUT2D eigenvalue weighted by atomic mass is 9.97. The zero-order valence-corrected chi connectivity index (χ0v) is 13.6. The zero-order chi connectivity index (χ0) is 15.9. The number of carbonyl (C=O) groups is 1. The van der Waals surface area contributed by atoms with Gasteiger partial charge < -0.3 is 15.6 Å². The van der Waals surface area contributed by atoms with Gasteiger partial charge in [-0.05, 0) is 18.2 Å². The van der Waals surface area contributed by atoms with Gasteiger partial charge in [-0.25, -0.2) is 4.98 Å². The van der Waals surface area contributed by atoms with E-state index in [0.29, 0.717) is 21.9 Å². The van der Waals surface area contributed by atoms with Crippen LogP contribution in [0.4, 0.5) is 0 Å². The van der Waals surface area contributed by atoms with Gasteiger partial charge in [0, 0.05) is 10.0 Å². The van der Waals surface area contributed by atoms with E-state index in [9.17, 15) is 9.90 Å². The predicted molar refractivity (Wildman–Crippen MR) is 83.4 cm³/mol. The van der Waals surface area contributed by atoms with Gasteiger partial charge in [0.25, 0.3) is 5.91 Å². The third-order valence-corrected chi connectivity index (χ3v) is 5.05.